The highest BCUT2D eigenvalue weighted by Crippen LogP contribution is 2.29. The topological polar surface area (TPSA) is 59.3 Å². The van der Waals surface area contributed by atoms with E-state index in [0.29, 0.717) is 23.3 Å². The summed E-state index contributed by atoms with van der Waals surface area (Å²) in [5.74, 6) is 0.766. The number of carbonyl (C=O) groups is 2. The Kier molecular flexibility index (Phi) is 2.34. The molecule has 0 spiro atoms. The highest BCUT2D eigenvalue weighted by molar-refractivity contribution is 6.03. The molecule has 1 aliphatic carbocycles. The Balaban J connectivity index is 2.53. The van der Waals surface area contributed by atoms with Crippen molar-refractivity contribution in [3.63, 3.8) is 0 Å². The quantitative estimate of drug-likeness (QED) is 0.758. The van der Waals surface area contributed by atoms with Gasteiger partial charge >= 0.3 is 0 Å². The number of rotatable bonds is 1. The fourth-order valence-corrected chi connectivity index (χ4v) is 1.98. The molecule has 0 unspecified atom stereocenters. The lowest BCUT2D eigenvalue weighted by Gasteiger charge is -2.07. The molecular weight excluding hydrogens is 194 g/mol. The van der Waals surface area contributed by atoms with Gasteiger partial charge in [0.05, 0.1) is 5.56 Å². The summed E-state index contributed by atoms with van der Waals surface area (Å²) in [4.78, 5) is 23.1. The van der Waals surface area contributed by atoms with Gasteiger partial charge in [-0.05, 0) is 13.3 Å². The van der Waals surface area contributed by atoms with Crippen LogP contribution in [0.1, 0.15) is 45.1 Å². The van der Waals surface area contributed by atoms with Crippen LogP contribution in [0.3, 0.4) is 0 Å². The van der Waals surface area contributed by atoms with Gasteiger partial charge in [-0.3, -0.25) is 9.59 Å². The molecule has 0 aromatic carbocycles. The van der Waals surface area contributed by atoms with Crippen LogP contribution in [-0.4, -0.2) is 18.7 Å². The summed E-state index contributed by atoms with van der Waals surface area (Å²) in [5.41, 5.74) is 1.30. The van der Waals surface area contributed by atoms with Crippen molar-refractivity contribution >= 4 is 11.7 Å². The Labute approximate surface area is 87.6 Å². The van der Waals surface area contributed by atoms with E-state index >= 15 is 0 Å². The zero-order valence-corrected chi connectivity index (χ0v) is 8.85. The van der Waals surface area contributed by atoms with Crippen molar-refractivity contribution in [1.82, 2.24) is 5.32 Å². The predicted octanol–water partition coefficient (Wildman–Crippen LogP) is 1.47. The fourth-order valence-electron chi connectivity index (χ4n) is 1.98. The SMILES string of the molecule is CNC(=O)c1oc2c(c1C)C(=O)CCC2. The lowest BCUT2D eigenvalue weighted by molar-refractivity contribution is 0.0928. The van der Waals surface area contributed by atoms with Crippen molar-refractivity contribution in [1.29, 1.82) is 0 Å². The summed E-state index contributed by atoms with van der Waals surface area (Å²) in [7, 11) is 1.55. The second kappa shape index (κ2) is 3.53. The van der Waals surface area contributed by atoms with E-state index in [-0.39, 0.29) is 17.5 Å². The first-order valence-electron chi connectivity index (χ1n) is 5.02. The van der Waals surface area contributed by atoms with Crippen molar-refractivity contribution in [2.45, 2.75) is 26.2 Å². The molecule has 0 atom stereocenters. The molecule has 1 aromatic rings. The Hall–Kier alpha value is -1.58. The molecule has 0 radical (unpaired) electrons. The molecule has 2 rings (SSSR count). The minimum atomic E-state index is -0.269. The third kappa shape index (κ3) is 1.46. The van der Waals surface area contributed by atoms with Gasteiger partial charge in [0.25, 0.3) is 5.91 Å². The number of aryl methyl sites for hydroxylation is 1. The first kappa shape index (κ1) is 9.96. The van der Waals surface area contributed by atoms with Crippen molar-refractivity contribution in [3.8, 4) is 0 Å². The van der Waals surface area contributed by atoms with Gasteiger partial charge in [-0.1, -0.05) is 0 Å². The summed E-state index contributed by atoms with van der Waals surface area (Å²) >= 11 is 0. The van der Waals surface area contributed by atoms with Gasteiger partial charge in [0.2, 0.25) is 0 Å². The third-order valence-electron chi connectivity index (χ3n) is 2.74. The molecule has 1 aromatic heterocycles. The lowest BCUT2D eigenvalue weighted by atomic mass is 9.94. The maximum absolute atomic E-state index is 11.6. The zero-order valence-electron chi connectivity index (χ0n) is 8.85. The van der Waals surface area contributed by atoms with E-state index in [1.54, 1.807) is 14.0 Å². The number of ketones is 1. The van der Waals surface area contributed by atoms with Gasteiger partial charge < -0.3 is 9.73 Å². The number of Topliss-reactive ketones (excluding diaryl/α,β-unsaturated/α-hetero) is 1. The van der Waals surface area contributed by atoms with Gasteiger partial charge in [0.15, 0.2) is 11.5 Å². The van der Waals surface area contributed by atoms with E-state index in [1.165, 1.54) is 0 Å². The molecule has 0 fully saturated rings. The fraction of sp³-hybridized carbons (Fsp3) is 0.455. The second-order valence-electron chi connectivity index (χ2n) is 3.71. The predicted molar refractivity (Wildman–Crippen MR) is 54.1 cm³/mol. The van der Waals surface area contributed by atoms with Crippen molar-refractivity contribution < 1.29 is 14.0 Å². The number of fused-ring (bicyclic) bond motifs is 1. The van der Waals surface area contributed by atoms with Crippen LogP contribution in [0.5, 0.6) is 0 Å². The third-order valence-corrected chi connectivity index (χ3v) is 2.74. The molecule has 1 heterocycles. The number of hydrogen-bond acceptors (Lipinski definition) is 3. The van der Waals surface area contributed by atoms with E-state index in [0.717, 1.165) is 12.8 Å². The zero-order chi connectivity index (χ0) is 11.0. The summed E-state index contributed by atoms with van der Waals surface area (Å²) in [6, 6.07) is 0. The number of carbonyl (C=O) groups excluding carboxylic acids is 2. The summed E-state index contributed by atoms with van der Waals surface area (Å²) in [6.07, 6.45) is 2.12. The van der Waals surface area contributed by atoms with Crippen LogP contribution in [0.15, 0.2) is 4.42 Å². The second-order valence-corrected chi connectivity index (χ2v) is 3.71. The van der Waals surface area contributed by atoms with Crippen molar-refractivity contribution in [3.05, 3.63) is 22.6 Å². The van der Waals surface area contributed by atoms with Crippen molar-refractivity contribution in [2.24, 2.45) is 0 Å². The summed E-state index contributed by atoms with van der Waals surface area (Å²) in [6.45, 7) is 1.76. The van der Waals surface area contributed by atoms with Crippen LogP contribution >= 0.6 is 0 Å². The van der Waals surface area contributed by atoms with E-state index in [2.05, 4.69) is 5.32 Å². The van der Waals surface area contributed by atoms with Gasteiger partial charge in [-0.2, -0.15) is 0 Å². The first-order chi connectivity index (χ1) is 7.15. The highest BCUT2D eigenvalue weighted by Gasteiger charge is 2.28. The molecule has 4 nitrogen and oxygen atoms in total. The largest absolute Gasteiger partial charge is 0.455 e. The average Bonchev–Trinajstić information content (AvgIpc) is 2.56. The standard InChI is InChI=1S/C11H13NO3/c1-6-9-7(13)4-3-5-8(9)15-10(6)11(14)12-2/h3-5H2,1-2H3,(H,12,14). The number of furan rings is 1. The molecule has 1 aliphatic rings. The number of amides is 1. The van der Waals surface area contributed by atoms with Crippen LogP contribution in [-0.2, 0) is 6.42 Å². The van der Waals surface area contributed by atoms with Crippen LogP contribution in [0, 0.1) is 6.92 Å². The van der Waals surface area contributed by atoms with Gasteiger partial charge in [0, 0.05) is 25.5 Å². The smallest absolute Gasteiger partial charge is 0.287 e. The normalized spacial score (nSPS) is 14.9. The molecule has 15 heavy (non-hydrogen) atoms. The Morgan fingerprint density at radius 3 is 2.73 bits per heavy atom. The van der Waals surface area contributed by atoms with Gasteiger partial charge in [0.1, 0.15) is 5.76 Å². The first-order valence-corrected chi connectivity index (χ1v) is 5.02. The Morgan fingerprint density at radius 1 is 1.40 bits per heavy atom. The van der Waals surface area contributed by atoms with Crippen LogP contribution in [0.25, 0.3) is 0 Å². The van der Waals surface area contributed by atoms with Gasteiger partial charge in [-0.25, -0.2) is 0 Å². The van der Waals surface area contributed by atoms with E-state index in [1.807, 2.05) is 0 Å². The molecule has 4 heteroatoms. The summed E-state index contributed by atoms with van der Waals surface area (Å²) in [5, 5.41) is 2.50. The Morgan fingerprint density at radius 2 is 2.13 bits per heavy atom. The summed E-state index contributed by atoms with van der Waals surface area (Å²) < 4.78 is 5.43. The molecule has 0 saturated heterocycles. The maximum atomic E-state index is 11.6. The highest BCUT2D eigenvalue weighted by atomic mass is 16.4. The molecular formula is C11H13NO3. The van der Waals surface area contributed by atoms with Gasteiger partial charge in [-0.15, -0.1) is 0 Å². The molecule has 80 valence electrons. The average molecular weight is 207 g/mol. The monoisotopic (exact) mass is 207 g/mol. The molecule has 0 saturated carbocycles. The van der Waals surface area contributed by atoms with Crippen LogP contribution in [0.2, 0.25) is 0 Å². The maximum Gasteiger partial charge on any atom is 0.287 e. The Bertz CT molecular complexity index is 431. The van der Waals surface area contributed by atoms with E-state index in [4.69, 9.17) is 4.42 Å². The number of hydrogen-bond donors (Lipinski definition) is 1. The van der Waals surface area contributed by atoms with Crippen molar-refractivity contribution in [2.75, 3.05) is 7.05 Å². The number of nitrogens with one attached hydrogen (secondary N) is 1. The van der Waals surface area contributed by atoms with Crippen LogP contribution < -0.4 is 5.32 Å². The molecule has 0 aliphatic heterocycles. The van der Waals surface area contributed by atoms with Crippen LogP contribution in [0.4, 0.5) is 0 Å². The molecule has 1 N–H and O–H groups in total. The lowest BCUT2D eigenvalue weighted by Crippen LogP contribution is -2.18. The van der Waals surface area contributed by atoms with E-state index in [9.17, 15) is 9.59 Å². The van der Waals surface area contributed by atoms with E-state index < -0.39 is 0 Å². The minimum absolute atomic E-state index is 0.0904. The minimum Gasteiger partial charge on any atom is -0.455 e. The molecule has 1 amide bonds. The molecule has 0 bridgehead atoms.